The number of benzene rings is 2. The van der Waals surface area contributed by atoms with E-state index in [1.165, 1.54) is 29.3 Å². The Labute approximate surface area is 181 Å². The maximum atomic E-state index is 13.6. The molecule has 0 saturated carbocycles. The SMILES string of the molecule is Cc1cc2oc3c(c(=O)c2cc1C)[C@H](c1cccc([N+](=O)[O-])c1)N(c1ccccn1)C3=O. The lowest BCUT2D eigenvalue weighted by Gasteiger charge is -2.23. The number of aromatic nitrogens is 1. The Hall–Kier alpha value is -4.33. The molecule has 0 fully saturated rings. The first-order valence-corrected chi connectivity index (χ1v) is 9.93. The molecule has 1 aliphatic heterocycles. The van der Waals surface area contributed by atoms with E-state index in [-0.39, 0.29) is 22.4 Å². The molecule has 0 unspecified atom stereocenters. The summed E-state index contributed by atoms with van der Waals surface area (Å²) in [6.07, 6.45) is 1.54. The third-order valence-electron chi connectivity index (χ3n) is 5.78. The number of carbonyl (C=O) groups is 1. The van der Waals surface area contributed by atoms with Crippen molar-refractivity contribution in [3.05, 3.63) is 109 Å². The van der Waals surface area contributed by atoms with Crippen LogP contribution in [0.3, 0.4) is 0 Å². The van der Waals surface area contributed by atoms with Crippen molar-refractivity contribution < 1.29 is 14.1 Å². The summed E-state index contributed by atoms with van der Waals surface area (Å²) >= 11 is 0. The van der Waals surface area contributed by atoms with Gasteiger partial charge in [-0.05, 0) is 54.8 Å². The number of hydrogen-bond acceptors (Lipinski definition) is 6. The predicted molar refractivity (Wildman–Crippen MR) is 118 cm³/mol. The number of fused-ring (bicyclic) bond motifs is 2. The average molecular weight is 427 g/mol. The van der Waals surface area contributed by atoms with Gasteiger partial charge in [0.2, 0.25) is 5.76 Å². The fourth-order valence-electron chi connectivity index (χ4n) is 4.08. The summed E-state index contributed by atoms with van der Waals surface area (Å²) < 4.78 is 5.96. The Kier molecular flexibility index (Phi) is 4.37. The predicted octanol–water partition coefficient (Wildman–Crippen LogP) is 4.46. The number of aryl methyl sites for hydroxylation is 2. The van der Waals surface area contributed by atoms with E-state index in [0.29, 0.717) is 22.4 Å². The van der Waals surface area contributed by atoms with E-state index in [1.54, 1.807) is 36.4 Å². The molecule has 0 aliphatic carbocycles. The largest absolute Gasteiger partial charge is 0.450 e. The lowest BCUT2D eigenvalue weighted by molar-refractivity contribution is -0.384. The van der Waals surface area contributed by atoms with E-state index in [1.807, 2.05) is 13.8 Å². The molecule has 0 radical (unpaired) electrons. The number of nitro benzene ring substituents is 1. The number of pyridine rings is 1. The van der Waals surface area contributed by atoms with Crippen LogP contribution >= 0.6 is 0 Å². The van der Waals surface area contributed by atoms with Crippen molar-refractivity contribution in [2.24, 2.45) is 0 Å². The highest BCUT2D eigenvalue weighted by molar-refractivity contribution is 6.10. The number of nitrogens with zero attached hydrogens (tertiary/aromatic N) is 3. The highest BCUT2D eigenvalue weighted by Gasteiger charge is 2.44. The highest BCUT2D eigenvalue weighted by atomic mass is 16.6. The first-order chi connectivity index (χ1) is 15.4. The molecule has 1 amide bonds. The second-order valence-electron chi connectivity index (χ2n) is 7.72. The number of rotatable bonds is 3. The number of nitro groups is 1. The summed E-state index contributed by atoms with van der Waals surface area (Å²) in [5, 5.41) is 11.7. The Morgan fingerprint density at radius 3 is 2.53 bits per heavy atom. The molecule has 5 rings (SSSR count). The zero-order chi connectivity index (χ0) is 22.6. The molecular weight excluding hydrogens is 410 g/mol. The van der Waals surface area contributed by atoms with Crippen molar-refractivity contribution in [3.8, 4) is 0 Å². The quantitative estimate of drug-likeness (QED) is 0.353. The zero-order valence-electron chi connectivity index (χ0n) is 17.2. The van der Waals surface area contributed by atoms with E-state index >= 15 is 0 Å². The minimum Gasteiger partial charge on any atom is -0.450 e. The van der Waals surface area contributed by atoms with E-state index in [9.17, 15) is 19.7 Å². The van der Waals surface area contributed by atoms with Gasteiger partial charge in [-0.3, -0.25) is 24.6 Å². The van der Waals surface area contributed by atoms with E-state index in [0.717, 1.165) is 11.1 Å². The van der Waals surface area contributed by atoms with Gasteiger partial charge in [0.25, 0.3) is 11.6 Å². The van der Waals surface area contributed by atoms with Crippen LogP contribution in [0.25, 0.3) is 11.0 Å². The van der Waals surface area contributed by atoms with Crippen LogP contribution in [0.1, 0.15) is 38.9 Å². The van der Waals surface area contributed by atoms with Crippen LogP contribution < -0.4 is 10.3 Å². The van der Waals surface area contributed by atoms with Crippen LogP contribution in [0.2, 0.25) is 0 Å². The van der Waals surface area contributed by atoms with Gasteiger partial charge < -0.3 is 4.42 Å². The van der Waals surface area contributed by atoms with Gasteiger partial charge >= 0.3 is 0 Å². The lowest BCUT2D eigenvalue weighted by Crippen LogP contribution is -2.30. The first kappa shape index (κ1) is 19.6. The fraction of sp³-hybridized carbons (Fsp3) is 0.125. The smallest absolute Gasteiger partial charge is 0.296 e. The number of amides is 1. The molecule has 4 aromatic rings. The topological polar surface area (TPSA) is 107 Å². The van der Waals surface area contributed by atoms with Crippen molar-refractivity contribution in [2.45, 2.75) is 19.9 Å². The van der Waals surface area contributed by atoms with Crippen LogP contribution in [-0.4, -0.2) is 15.8 Å². The molecule has 2 aromatic carbocycles. The van der Waals surface area contributed by atoms with Crippen LogP contribution in [0.4, 0.5) is 11.5 Å². The fourth-order valence-corrected chi connectivity index (χ4v) is 4.08. The first-order valence-electron chi connectivity index (χ1n) is 9.93. The summed E-state index contributed by atoms with van der Waals surface area (Å²) in [7, 11) is 0. The summed E-state index contributed by atoms with van der Waals surface area (Å²) in [6, 6.07) is 13.6. The number of hydrogen-bond donors (Lipinski definition) is 0. The van der Waals surface area contributed by atoms with Gasteiger partial charge in [-0.15, -0.1) is 0 Å². The molecule has 32 heavy (non-hydrogen) atoms. The Bertz CT molecular complexity index is 1480. The molecule has 1 aliphatic rings. The molecular formula is C24H17N3O5. The second-order valence-corrected chi connectivity index (χ2v) is 7.72. The summed E-state index contributed by atoms with van der Waals surface area (Å²) in [6.45, 7) is 3.79. The Morgan fingerprint density at radius 2 is 1.81 bits per heavy atom. The van der Waals surface area contributed by atoms with Crippen molar-refractivity contribution in [1.29, 1.82) is 0 Å². The molecule has 0 N–H and O–H groups in total. The number of non-ortho nitro benzene ring substituents is 1. The monoisotopic (exact) mass is 427 g/mol. The van der Waals surface area contributed by atoms with Crippen LogP contribution in [0.5, 0.6) is 0 Å². The highest BCUT2D eigenvalue weighted by Crippen LogP contribution is 2.41. The maximum absolute atomic E-state index is 13.6. The molecule has 2 aromatic heterocycles. The van der Waals surface area contributed by atoms with Gasteiger partial charge in [-0.25, -0.2) is 4.98 Å². The van der Waals surface area contributed by atoms with Gasteiger partial charge in [0.1, 0.15) is 11.4 Å². The molecule has 1 atom stereocenters. The molecule has 0 bridgehead atoms. The Morgan fingerprint density at radius 1 is 1.03 bits per heavy atom. The lowest BCUT2D eigenvalue weighted by atomic mass is 9.97. The molecule has 0 saturated heterocycles. The van der Waals surface area contributed by atoms with Crippen molar-refractivity contribution in [1.82, 2.24) is 4.98 Å². The van der Waals surface area contributed by atoms with E-state index < -0.39 is 16.9 Å². The van der Waals surface area contributed by atoms with Crippen LogP contribution in [0.15, 0.2) is 70.0 Å². The standard InChI is InChI=1S/C24H17N3O5/c1-13-10-17-18(11-14(13)2)32-23-20(22(17)28)21(15-6-5-7-16(12-15)27(30)31)26(24(23)29)19-8-3-4-9-25-19/h3-12,21H,1-2H3/t21-/m0/s1. The summed E-state index contributed by atoms with van der Waals surface area (Å²) in [4.78, 5) is 43.6. The van der Waals surface area contributed by atoms with Gasteiger partial charge in [-0.2, -0.15) is 0 Å². The van der Waals surface area contributed by atoms with Gasteiger partial charge in [0.15, 0.2) is 5.43 Å². The number of anilines is 1. The van der Waals surface area contributed by atoms with Gasteiger partial charge in [0.05, 0.1) is 21.9 Å². The van der Waals surface area contributed by atoms with Crippen LogP contribution in [-0.2, 0) is 0 Å². The van der Waals surface area contributed by atoms with Crippen LogP contribution in [0, 0.1) is 24.0 Å². The van der Waals surface area contributed by atoms with Crippen molar-refractivity contribution >= 4 is 28.4 Å². The van der Waals surface area contributed by atoms with E-state index in [4.69, 9.17) is 4.42 Å². The molecule has 8 nitrogen and oxygen atoms in total. The summed E-state index contributed by atoms with van der Waals surface area (Å²) in [5.41, 5.74) is 2.27. The Balaban J connectivity index is 1.84. The average Bonchev–Trinajstić information content (AvgIpc) is 3.08. The third kappa shape index (κ3) is 2.88. The molecule has 0 spiro atoms. The maximum Gasteiger partial charge on any atom is 0.296 e. The third-order valence-corrected chi connectivity index (χ3v) is 5.78. The number of carbonyl (C=O) groups excluding carboxylic acids is 1. The van der Waals surface area contributed by atoms with Crippen molar-refractivity contribution in [3.63, 3.8) is 0 Å². The second kappa shape index (κ2) is 7.12. The van der Waals surface area contributed by atoms with Gasteiger partial charge in [0, 0.05) is 18.3 Å². The molecule has 158 valence electrons. The minimum atomic E-state index is -0.908. The van der Waals surface area contributed by atoms with Gasteiger partial charge in [-0.1, -0.05) is 18.2 Å². The van der Waals surface area contributed by atoms with Crippen molar-refractivity contribution in [2.75, 3.05) is 4.90 Å². The van der Waals surface area contributed by atoms with E-state index in [2.05, 4.69) is 4.98 Å². The normalized spacial score (nSPS) is 15.2. The zero-order valence-corrected chi connectivity index (χ0v) is 17.2. The molecule has 3 heterocycles. The minimum absolute atomic E-state index is 0.0760. The summed E-state index contributed by atoms with van der Waals surface area (Å²) in [5.74, 6) is -0.281. The molecule has 8 heteroatoms.